The molecule has 0 amide bonds. The SMILES string of the molecule is COCCn1ccnc1CN1CCC[C@H](c2nc3c(C)cccc3[nH]2)C1. The van der Waals surface area contributed by atoms with E-state index in [1.807, 2.05) is 12.4 Å². The molecule has 6 nitrogen and oxygen atoms in total. The Morgan fingerprint density at radius 2 is 2.27 bits per heavy atom. The van der Waals surface area contributed by atoms with Crippen LogP contribution < -0.4 is 0 Å². The number of aromatic nitrogens is 4. The number of hydrogen-bond donors (Lipinski definition) is 1. The molecule has 1 aromatic carbocycles. The van der Waals surface area contributed by atoms with Crippen LogP contribution in [0.3, 0.4) is 0 Å². The van der Waals surface area contributed by atoms with E-state index in [4.69, 9.17) is 9.72 Å². The number of H-pyrrole nitrogens is 1. The van der Waals surface area contributed by atoms with Crippen LogP contribution in [0.4, 0.5) is 0 Å². The zero-order valence-electron chi connectivity index (χ0n) is 15.6. The van der Waals surface area contributed by atoms with Gasteiger partial charge in [-0.3, -0.25) is 4.90 Å². The average Bonchev–Trinajstić information content (AvgIpc) is 3.28. The largest absolute Gasteiger partial charge is 0.383 e. The molecule has 0 spiro atoms. The molecule has 4 rings (SSSR count). The van der Waals surface area contributed by atoms with E-state index in [1.165, 1.54) is 18.4 Å². The molecule has 3 aromatic rings. The fourth-order valence-electron chi connectivity index (χ4n) is 3.90. The first-order valence-electron chi connectivity index (χ1n) is 9.41. The maximum absolute atomic E-state index is 5.20. The second-order valence-corrected chi connectivity index (χ2v) is 7.20. The van der Waals surface area contributed by atoms with Crippen LogP contribution in [0.15, 0.2) is 30.6 Å². The van der Waals surface area contributed by atoms with E-state index in [9.17, 15) is 0 Å². The zero-order chi connectivity index (χ0) is 17.9. The number of nitrogens with zero attached hydrogens (tertiary/aromatic N) is 4. The minimum atomic E-state index is 0.456. The van der Waals surface area contributed by atoms with Gasteiger partial charge in [0.25, 0.3) is 0 Å². The summed E-state index contributed by atoms with van der Waals surface area (Å²) in [6.45, 7) is 6.71. The molecule has 26 heavy (non-hydrogen) atoms. The van der Waals surface area contributed by atoms with Crippen molar-refractivity contribution in [1.82, 2.24) is 24.4 Å². The van der Waals surface area contributed by atoms with Gasteiger partial charge in [0.2, 0.25) is 0 Å². The van der Waals surface area contributed by atoms with Crippen LogP contribution in [0.1, 0.15) is 36.0 Å². The standard InChI is InChI=1S/C20H27N5O/c1-15-5-3-7-17-19(15)23-20(22-17)16-6-4-9-24(13-16)14-18-21-8-10-25(18)11-12-26-2/h3,5,7-8,10,16H,4,6,9,11-14H2,1-2H3,(H,22,23)/t16-/m0/s1. The number of methoxy groups -OCH3 is 1. The second kappa shape index (κ2) is 7.60. The number of para-hydroxylation sites is 1. The van der Waals surface area contributed by atoms with Crippen LogP contribution in [-0.4, -0.2) is 51.2 Å². The molecule has 1 atom stereocenters. The molecule has 0 radical (unpaired) electrons. The van der Waals surface area contributed by atoms with Crippen LogP contribution in [0.5, 0.6) is 0 Å². The Morgan fingerprint density at radius 3 is 3.12 bits per heavy atom. The zero-order valence-corrected chi connectivity index (χ0v) is 15.6. The van der Waals surface area contributed by atoms with E-state index in [0.29, 0.717) is 12.5 Å². The van der Waals surface area contributed by atoms with Crippen LogP contribution in [0, 0.1) is 6.92 Å². The van der Waals surface area contributed by atoms with Gasteiger partial charge >= 0.3 is 0 Å². The molecule has 2 aromatic heterocycles. The van der Waals surface area contributed by atoms with Crippen molar-refractivity contribution in [1.29, 1.82) is 0 Å². The van der Waals surface area contributed by atoms with Crippen LogP contribution >= 0.6 is 0 Å². The number of aryl methyl sites for hydroxylation is 1. The maximum Gasteiger partial charge on any atom is 0.122 e. The van der Waals surface area contributed by atoms with Gasteiger partial charge in [0.15, 0.2) is 0 Å². The Balaban J connectivity index is 1.47. The van der Waals surface area contributed by atoms with Gasteiger partial charge in [0.05, 0.1) is 24.2 Å². The highest BCUT2D eigenvalue weighted by molar-refractivity contribution is 5.78. The lowest BCUT2D eigenvalue weighted by atomic mass is 9.97. The number of benzene rings is 1. The second-order valence-electron chi connectivity index (χ2n) is 7.20. The predicted molar refractivity (Wildman–Crippen MR) is 102 cm³/mol. The van der Waals surface area contributed by atoms with Crippen molar-refractivity contribution < 1.29 is 4.74 Å². The number of imidazole rings is 2. The smallest absolute Gasteiger partial charge is 0.122 e. The van der Waals surface area contributed by atoms with Crippen molar-refractivity contribution in [3.8, 4) is 0 Å². The van der Waals surface area contributed by atoms with E-state index in [2.05, 4.69) is 44.6 Å². The van der Waals surface area contributed by atoms with Gasteiger partial charge in [-0.2, -0.15) is 0 Å². The first-order valence-corrected chi connectivity index (χ1v) is 9.41. The first-order chi connectivity index (χ1) is 12.7. The van der Waals surface area contributed by atoms with Gasteiger partial charge in [-0.15, -0.1) is 0 Å². The third-order valence-electron chi connectivity index (χ3n) is 5.33. The average molecular weight is 353 g/mol. The minimum absolute atomic E-state index is 0.456. The number of ether oxygens (including phenoxy) is 1. The monoisotopic (exact) mass is 353 g/mol. The van der Waals surface area contributed by atoms with Crippen molar-refractivity contribution in [2.75, 3.05) is 26.8 Å². The number of piperidine rings is 1. The summed E-state index contributed by atoms with van der Waals surface area (Å²) in [7, 11) is 1.74. The molecule has 0 saturated carbocycles. The summed E-state index contributed by atoms with van der Waals surface area (Å²) in [6.07, 6.45) is 6.30. The summed E-state index contributed by atoms with van der Waals surface area (Å²) in [5.74, 6) is 2.70. The maximum atomic E-state index is 5.20. The number of aromatic amines is 1. The summed E-state index contributed by atoms with van der Waals surface area (Å²) >= 11 is 0. The molecular formula is C20H27N5O. The fraction of sp³-hybridized carbons (Fsp3) is 0.500. The summed E-state index contributed by atoms with van der Waals surface area (Å²) in [4.78, 5) is 15.5. The Hall–Kier alpha value is -2.18. The van der Waals surface area contributed by atoms with Crippen molar-refractivity contribution in [2.24, 2.45) is 0 Å². The van der Waals surface area contributed by atoms with E-state index in [-0.39, 0.29) is 0 Å². The highest BCUT2D eigenvalue weighted by Crippen LogP contribution is 2.28. The minimum Gasteiger partial charge on any atom is -0.383 e. The van der Waals surface area contributed by atoms with Gasteiger partial charge in [-0.1, -0.05) is 12.1 Å². The summed E-state index contributed by atoms with van der Waals surface area (Å²) in [5, 5.41) is 0. The normalized spacial score (nSPS) is 18.6. The molecule has 1 N–H and O–H groups in total. The van der Waals surface area contributed by atoms with Crippen LogP contribution in [-0.2, 0) is 17.8 Å². The lowest BCUT2D eigenvalue weighted by molar-refractivity contribution is 0.175. The van der Waals surface area contributed by atoms with Crippen LogP contribution in [0.2, 0.25) is 0 Å². The first kappa shape index (κ1) is 17.2. The third-order valence-corrected chi connectivity index (χ3v) is 5.33. The quantitative estimate of drug-likeness (QED) is 0.740. The number of fused-ring (bicyclic) bond motifs is 1. The summed E-state index contributed by atoms with van der Waals surface area (Å²) < 4.78 is 7.39. The van der Waals surface area contributed by atoms with E-state index in [1.54, 1.807) is 7.11 Å². The fourth-order valence-corrected chi connectivity index (χ4v) is 3.90. The molecule has 0 aliphatic carbocycles. The van der Waals surface area contributed by atoms with E-state index in [0.717, 1.165) is 48.9 Å². The Morgan fingerprint density at radius 1 is 1.35 bits per heavy atom. The molecular weight excluding hydrogens is 326 g/mol. The van der Waals surface area contributed by atoms with Crippen LogP contribution in [0.25, 0.3) is 11.0 Å². The lowest BCUT2D eigenvalue weighted by Crippen LogP contribution is -2.35. The van der Waals surface area contributed by atoms with Gasteiger partial charge in [-0.05, 0) is 37.9 Å². The van der Waals surface area contributed by atoms with Gasteiger partial charge < -0.3 is 14.3 Å². The molecule has 1 saturated heterocycles. The molecule has 1 fully saturated rings. The molecule has 1 aliphatic heterocycles. The number of hydrogen-bond acceptors (Lipinski definition) is 4. The van der Waals surface area contributed by atoms with Crippen molar-refractivity contribution in [2.45, 2.75) is 38.8 Å². The summed E-state index contributed by atoms with van der Waals surface area (Å²) in [5.41, 5.74) is 3.49. The third kappa shape index (κ3) is 3.52. The number of rotatable bonds is 6. The van der Waals surface area contributed by atoms with Crippen molar-refractivity contribution >= 4 is 11.0 Å². The van der Waals surface area contributed by atoms with E-state index >= 15 is 0 Å². The highest BCUT2D eigenvalue weighted by atomic mass is 16.5. The van der Waals surface area contributed by atoms with Gasteiger partial charge in [0.1, 0.15) is 11.6 Å². The molecule has 3 heterocycles. The highest BCUT2D eigenvalue weighted by Gasteiger charge is 2.25. The predicted octanol–water partition coefficient (Wildman–Crippen LogP) is 3.09. The molecule has 0 unspecified atom stereocenters. The summed E-state index contributed by atoms with van der Waals surface area (Å²) in [6, 6.07) is 6.33. The van der Waals surface area contributed by atoms with Crippen molar-refractivity contribution in [3.63, 3.8) is 0 Å². The van der Waals surface area contributed by atoms with Gasteiger partial charge in [0, 0.05) is 38.5 Å². The van der Waals surface area contributed by atoms with Crippen molar-refractivity contribution in [3.05, 3.63) is 47.8 Å². The number of nitrogens with one attached hydrogen (secondary N) is 1. The molecule has 138 valence electrons. The Labute approximate surface area is 154 Å². The molecule has 6 heteroatoms. The number of likely N-dealkylation sites (tertiary alicyclic amines) is 1. The Bertz CT molecular complexity index is 868. The molecule has 1 aliphatic rings. The Kier molecular flexibility index (Phi) is 5.04. The lowest BCUT2D eigenvalue weighted by Gasteiger charge is -2.31. The molecule has 0 bridgehead atoms. The van der Waals surface area contributed by atoms with Gasteiger partial charge in [-0.25, -0.2) is 9.97 Å². The topological polar surface area (TPSA) is 59.0 Å². The van der Waals surface area contributed by atoms with E-state index < -0.39 is 0 Å².